The SMILES string of the molecule is N#CCOc1ccc(CNC2(CO)CCCC2)cc1. The van der Waals surface area contributed by atoms with Crippen LogP contribution < -0.4 is 10.1 Å². The Morgan fingerprint density at radius 2 is 1.95 bits per heavy atom. The van der Waals surface area contributed by atoms with E-state index in [-0.39, 0.29) is 18.8 Å². The molecule has 19 heavy (non-hydrogen) atoms. The van der Waals surface area contributed by atoms with Crippen molar-refractivity contribution >= 4 is 0 Å². The number of rotatable bonds is 6. The van der Waals surface area contributed by atoms with Crippen LogP contribution in [0, 0.1) is 11.3 Å². The quantitative estimate of drug-likeness (QED) is 0.821. The highest BCUT2D eigenvalue weighted by molar-refractivity contribution is 5.27. The zero-order chi connectivity index (χ0) is 13.6. The average molecular weight is 260 g/mol. The highest BCUT2D eigenvalue weighted by Gasteiger charge is 2.32. The summed E-state index contributed by atoms with van der Waals surface area (Å²) in [7, 11) is 0. The summed E-state index contributed by atoms with van der Waals surface area (Å²) in [5.41, 5.74) is 1.07. The molecule has 0 spiro atoms. The molecule has 0 heterocycles. The summed E-state index contributed by atoms with van der Waals surface area (Å²) in [5, 5.41) is 21.4. The van der Waals surface area contributed by atoms with Crippen LogP contribution >= 0.6 is 0 Å². The minimum absolute atomic E-state index is 0.0746. The molecule has 0 saturated heterocycles. The van der Waals surface area contributed by atoms with Crippen molar-refractivity contribution in [1.29, 1.82) is 5.26 Å². The predicted octanol–water partition coefficient (Wildman–Crippen LogP) is 1.98. The van der Waals surface area contributed by atoms with Crippen molar-refractivity contribution in [2.75, 3.05) is 13.2 Å². The first-order valence-corrected chi connectivity index (χ1v) is 6.73. The molecule has 0 radical (unpaired) electrons. The fourth-order valence-electron chi connectivity index (χ4n) is 2.55. The predicted molar refractivity (Wildman–Crippen MR) is 72.7 cm³/mol. The second kappa shape index (κ2) is 6.55. The van der Waals surface area contributed by atoms with Crippen LogP contribution in [-0.2, 0) is 6.54 Å². The number of aliphatic hydroxyl groups is 1. The third kappa shape index (κ3) is 3.69. The van der Waals surface area contributed by atoms with Gasteiger partial charge in [0.15, 0.2) is 6.61 Å². The first kappa shape index (κ1) is 13.9. The van der Waals surface area contributed by atoms with Crippen molar-refractivity contribution in [1.82, 2.24) is 5.32 Å². The molecule has 4 nitrogen and oxygen atoms in total. The summed E-state index contributed by atoms with van der Waals surface area (Å²) in [6, 6.07) is 9.65. The van der Waals surface area contributed by atoms with Gasteiger partial charge in [-0.1, -0.05) is 25.0 Å². The van der Waals surface area contributed by atoms with Crippen LogP contribution in [0.4, 0.5) is 0 Å². The molecule has 0 atom stereocenters. The van der Waals surface area contributed by atoms with Crippen molar-refractivity contribution in [3.63, 3.8) is 0 Å². The molecule has 1 aliphatic rings. The summed E-state index contributed by atoms with van der Waals surface area (Å²) in [4.78, 5) is 0. The lowest BCUT2D eigenvalue weighted by atomic mass is 9.98. The maximum atomic E-state index is 9.52. The van der Waals surface area contributed by atoms with E-state index < -0.39 is 0 Å². The topological polar surface area (TPSA) is 65.3 Å². The first-order chi connectivity index (χ1) is 9.28. The lowest BCUT2D eigenvalue weighted by Gasteiger charge is -2.28. The molecule has 102 valence electrons. The van der Waals surface area contributed by atoms with Crippen LogP contribution in [0.3, 0.4) is 0 Å². The first-order valence-electron chi connectivity index (χ1n) is 6.73. The summed E-state index contributed by atoms with van der Waals surface area (Å²) in [6.45, 7) is 1.03. The van der Waals surface area contributed by atoms with Gasteiger partial charge < -0.3 is 15.2 Å². The molecule has 0 bridgehead atoms. The van der Waals surface area contributed by atoms with Crippen LogP contribution in [0.1, 0.15) is 31.2 Å². The molecular formula is C15H20N2O2. The Balaban J connectivity index is 1.87. The van der Waals surface area contributed by atoms with E-state index in [4.69, 9.17) is 10.00 Å². The lowest BCUT2D eigenvalue weighted by molar-refractivity contribution is 0.163. The van der Waals surface area contributed by atoms with Crippen molar-refractivity contribution in [2.24, 2.45) is 0 Å². The van der Waals surface area contributed by atoms with Gasteiger partial charge in [-0.25, -0.2) is 0 Å². The summed E-state index contributed by atoms with van der Waals surface area (Å²) < 4.78 is 5.21. The van der Waals surface area contributed by atoms with Gasteiger partial charge in [-0.15, -0.1) is 0 Å². The lowest BCUT2D eigenvalue weighted by Crippen LogP contribution is -2.45. The van der Waals surface area contributed by atoms with Gasteiger partial charge in [-0.2, -0.15) is 5.26 Å². The van der Waals surface area contributed by atoms with Crippen LogP contribution in [0.25, 0.3) is 0 Å². The van der Waals surface area contributed by atoms with Gasteiger partial charge in [0.25, 0.3) is 0 Å². The van der Waals surface area contributed by atoms with Gasteiger partial charge in [0.05, 0.1) is 6.61 Å². The maximum Gasteiger partial charge on any atom is 0.174 e. The molecule has 0 aromatic heterocycles. The number of nitrogens with zero attached hydrogens (tertiary/aromatic N) is 1. The van der Waals surface area contributed by atoms with Gasteiger partial charge in [-0.3, -0.25) is 0 Å². The maximum absolute atomic E-state index is 9.52. The normalized spacial score (nSPS) is 17.1. The minimum Gasteiger partial charge on any atom is -0.479 e. The monoisotopic (exact) mass is 260 g/mol. The summed E-state index contributed by atoms with van der Waals surface area (Å²) >= 11 is 0. The second-order valence-electron chi connectivity index (χ2n) is 5.09. The van der Waals surface area contributed by atoms with Crippen molar-refractivity contribution in [2.45, 2.75) is 37.8 Å². The molecule has 1 aromatic rings. The van der Waals surface area contributed by atoms with Gasteiger partial charge in [-0.05, 0) is 30.5 Å². The van der Waals surface area contributed by atoms with Crippen molar-refractivity contribution in [3.05, 3.63) is 29.8 Å². The molecule has 0 aliphatic heterocycles. The average Bonchev–Trinajstić information content (AvgIpc) is 2.93. The number of nitriles is 1. The minimum atomic E-state index is -0.0873. The third-order valence-electron chi connectivity index (χ3n) is 3.76. The van der Waals surface area contributed by atoms with Gasteiger partial charge >= 0.3 is 0 Å². The summed E-state index contributed by atoms with van der Waals surface area (Å²) in [6.07, 6.45) is 4.47. The molecule has 0 amide bonds. The number of aliphatic hydroxyl groups excluding tert-OH is 1. The molecule has 1 aromatic carbocycles. The van der Waals surface area contributed by atoms with Gasteiger partial charge in [0.1, 0.15) is 11.8 Å². The fraction of sp³-hybridized carbons (Fsp3) is 0.533. The Bertz CT molecular complexity index is 430. The van der Waals surface area contributed by atoms with E-state index in [9.17, 15) is 5.11 Å². The Hall–Kier alpha value is -1.57. The number of benzene rings is 1. The standard InChI is InChI=1S/C15H20N2O2/c16-9-10-19-14-5-3-13(4-6-14)11-17-15(12-18)7-1-2-8-15/h3-6,17-18H,1-2,7-8,10-12H2. The number of ether oxygens (including phenoxy) is 1. The Morgan fingerprint density at radius 1 is 1.26 bits per heavy atom. The van der Waals surface area contributed by atoms with Crippen LogP contribution in [-0.4, -0.2) is 23.9 Å². The Kier molecular flexibility index (Phi) is 4.78. The van der Waals surface area contributed by atoms with E-state index in [1.54, 1.807) is 0 Å². The molecular weight excluding hydrogens is 240 g/mol. The second-order valence-corrected chi connectivity index (χ2v) is 5.09. The molecule has 1 fully saturated rings. The summed E-state index contributed by atoms with van der Waals surface area (Å²) in [5.74, 6) is 0.711. The Labute approximate surface area is 114 Å². The molecule has 2 N–H and O–H groups in total. The number of hydrogen-bond donors (Lipinski definition) is 2. The van der Waals surface area contributed by atoms with Crippen molar-refractivity contribution in [3.8, 4) is 11.8 Å². The Morgan fingerprint density at radius 3 is 2.53 bits per heavy atom. The van der Waals surface area contributed by atoms with E-state index in [2.05, 4.69) is 5.32 Å². The van der Waals surface area contributed by atoms with E-state index in [0.29, 0.717) is 5.75 Å². The number of hydrogen-bond acceptors (Lipinski definition) is 4. The molecule has 4 heteroatoms. The zero-order valence-corrected chi connectivity index (χ0v) is 11.1. The molecule has 1 aliphatic carbocycles. The van der Waals surface area contributed by atoms with Crippen LogP contribution in [0.5, 0.6) is 5.75 Å². The highest BCUT2D eigenvalue weighted by atomic mass is 16.5. The third-order valence-corrected chi connectivity index (χ3v) is 3.76. The van der Waals surface area contributed by atoms with Crippen molar-refractivity contribution < 1.29 is 9.84 Å². The van der Waals surface area contributed by atoms with Gasteiger partial charge in [0.2, 0.25) is 0 Å². The van der Waals surface area contributed by atoms with Crippen LogP contribution in [0.2, 0.25) is 0 Å². The van der Waals surface area contributed by atoms with E-state index in [0.717, 1.165) is 24.9 Å². The fourth-order valence-corrected chi connectivity index (χ4v) is 2.55. The van der Waals surface area contributed by atoms with E-state index in [1.165, 1.54) is 12.8 Å². The molecule has 1 saturated carbocycles. The zero-order valence-electron chi connectivity index (χ0n) is 11.1. The smallest absolute Gasteiger partial charge is 0.174 e. The number of nitrogens with one attached hydrogen (secondary N) is 1. The molecule has 0 unspecified atom stereocenters. The van der Waals surface area contributed by atoms with Gasteiger partial charge in [0, 0.05) is 12.1 Å². The molecule has 2 rings (SSSR count). The highest BCUT2D eigenvalue weighted by Crippen LogP contribution is 2.29. The largest absolute Gasteiger partial charge is 0.479 e. The van der Waals surface area contributed by atoms with E-state index in [1.807, 2.05) is 30.3 Å². The van der Waals surface area contributed by atoms with Crippen LogP contribution in [0.15, 0.2) is 24.3 Å². The van der Waals surface area contributed by atoms with E-state index >= 15 is 0 Å².